The molecule has 0 saturated carbocycles. The Kier molecular flexibility index (Phi) is 5.76. The molecule has 1 aromatic rings. The number of hydrogen-bond donors (Lipinski definition) is 1. The summed E-state index contributed by atoms with van der Waals surface area (Å²) in [4.78, 5) is 14.5. The molecule has 1 aliphatic heterocycles. The number of anilines is 1. The minimum atomic E-state index is -0.194. The molecule has 1 heterocycles. The van der Waals surface area contributed by atoms with Gasteiger partial charge in [-0.2, -0.15) is 0 Å². The lowest BCUT2D eigenvalue weighted by Gasteiger charge is -2.40. The second kappa shape index (κ2) is 7.41. The molecule has 0 radical (unpaired) electrons. The predicted octanol–water partition coefficient (Wildman–Crippen LogP) is 4.16. The van der Waals surface area contributed by atoms with Gasteiger partial charge in [0.2, 0.25) is 0 Å². The summed E-state index contributed by atoms with van der Waals surface area (Å²) in [7, 11) is 1.56. The molecule has 1 saturated heterocycles. The van der Waals surface area contributed by atoms with Crippen molar-refractivity contribution in [1.29, 1.82) is 0 Å². The van der Waals surface area contributed by atoms with Gasteiger partial charge < -0.3 is 19.7 Å². The Morgan fingerprint density at radius 2 is 2.26 bits per heavy atom. The molecule has 0 aromatic heterocycles. The molecule has 0 unspecified atom stereocenters. The molecule has 1 fully saturated rings. The molecule has 23 heavy (non-hydrogen) atoms. The molecule has 6 heteroatoms. The summed E-state index contributed by atoms with van der Waals surface area (Å²) in [6.07, 6.45) is 1.69. The number of nitrogens with zero attached hydrogens (tertiary/aromatic N) is 1. The molecule has 1 aromatic carbocycles. The molecule has 128 valence electrons. The number of nitrogens with one attached hydrogen (secondary N) is 1. The first-order chi connectivity index (χ1) is 10.9. The summed E-state index contributed by atoms with van der Waals surface area (Å²) in [5.74, 6) is 0.586. The van der Waals surface area contributed by atoms with Gasteiger partial charge in [0.15, 0.2) is 0 Å². The SMILES string of the molecule is CCN(C(=O)Nc1ccc(OC)c(Cl)c1)[C@@H]1CCOC(C)(C)C1. The van der Waals surface area contributed by atoms with Gasteiger partial charge in [-0.3, -0.25) is 0 Å². The first-order valence-corrected chi connectivity index (χ1v) is 8.29. The van der Waals surface area contributed by atoms with E-state index in [1.807, 2.05) is 11.8 Å². The average Bonchev–Trinajstić information content (AvgIpc) is 2.47. The second-order valence-corrected chi connectivity index (χ2v) is 6.73. The number of carbonyl (C=O) groups is 1. The quantitative estimate of drug-likeness (QED) is 0.895. The molecule has 1 atom stereocenters. The Morgan fingerprint density at radius 1 is 1.52 bits per heavy atom. The molecule has 2 amide bonds. The number of carbonyl (C=O) groups excluding carboxylic acids is 1. The molecule has 0 spiro atoms. The van der Waals surface area contributed by atoms with E-state index in [1.165, 1.54) is 0 Å². The zero-order valence-electron chi connectivity index (χ0n) is 14.2. The first-order valence-electron chi connectivity index (χ1n) is 7.91. The molecule has 1 N–H and O–H groups in total. The van der Waals surface area contributed by atoms with Crippen molar-refractivity contribution in [3.63, 3.8) is 0 Å². The smallest absolute Gasteiger partial charge is 0.322 e. The topological polar surface area (TPSA) is 50.8 Å². The third kappa shape index (κ3) is 4.52. The van der Waals surface area contributed by atoms with Gasteiger partial charge in [-0.25, -0.2) is 4.79 Å². The van der Waals surface area contributed by atoms with Gasteiger partial charge in [0.1, 0.15) is 5.75 Å². The standard InChI is InChI=1S/C17H25ClN2O3/c1-5-20(13-8-9-23-17(2,3)11-13)16(21)19-12-6-7-15(22-4)14(18)10-12/h6-7,10,13H,5,8-9,11H2,1-4H3,(H,19,21)/t13-/m1/s1. The van der Waals surface area contributed by atoms with Crippen LogP contribution >= 0.6 is 11.6 Å². The maximum absolute atomic E-state index is 12.6. The lowest BCUT2D eigenvalue weighted by atomic mass is 9.93. The van der Waals surface area contributed by atoms with E-state index in [-0.39, 0.29) is 17.7 Å². The van der Waals surface area contributed by atoms with E-state index in [0.29, 0.717) is 29.6 Å². The summed E-state index contributed by atoms with van der Waals surface area (Å²) in [6, 6.07) is 5.28. The van der Waals surface area contributed by atoms with Gasteiger partial charge in [-0.05, 0) is 51.8 Å². The number of halogens is 1. The summed E-state index contributed by atoms with van der Waals surface area (Å²) >= 11 is 6.11. The highest BCUT2D eigenvalue weighted by atomic mass is 35.5. The fourth-order valence-electron chi connectivity index (χ4n) is 2.97. The number of ether oxygens (including phenoxy) is 2. The van der Waals surface area contributed by atoms with Crippen LogP contribution in [0.15, 0.2) is 18.2 Å². The lowest BCUT2D eigenvalue weighted by molar-refractivity contribution is -0.0758. The van der Waals surface area contributed by atoms with Crippen molar-refractivity contribution in [2.24, 2.45) is 0 Å². The van der Waals surface area contributed by atoms with E-state index >= 15 is 0 Å². The highest BCUT2D eigenvalue weighted by Gasteiger charge is 2.33. The number of benzene rings is 1. The van der Waals surface area contributed by atoms with E-state index in [2.05, 4.69) is 19.2 Å². The van der Waals surface area contributed by atoms with Crippen LogP contribution in [0.25, 0.3) is 0 Å². The highest BCUT2D eigenvalue weighted by Crippen LogP contribution is 2.29. The highest BCUT2D eigenvalue weighted by molar-refractivity contribution is 6.32. The number of hydrogen-bond acceptors (Lipinski definition) is 3. The van der Waals surface area contributed by atoms with Gasteiger partial charge in [0.25, 0.3) is 0 Å². The van der Waals surface area contributed by atoms with Gasteiger partial charge >= 0.3 is 6.03 Å². The van der Waals surface area contributed by atoms with Crippen LogP contribution in [0, 0.1) is 0 Å². The molecular formula is C17H25ClN2O3. The summed E-state index contributed by atoms with van der Waals surface area (Å²) in [5, 5.41) is 3.39. The summed E-state index contributed by atoms with van der Waals surface area (Å²) in [5.41, 5.74) is 0.464. The number of urea groups is 1. The van der Waals surface area contributed by atoms with E-state index in [0.717, 1.165) is 12.8 Å². The number of amides is 2. The van der Waals surface area contributed by atoms with Gasteiger partial charge in [-0.1, -0.05) is 11.6 Å². The predicted molar refractivity (Wildman–Crippen MR) is 92.5 cm³/mol. The van der Waals surface area contributed by atoms with Crippen LogP contribution in [0.2, 0.25) is 5.02 Å². The van der Waals surface area contributed by atoms with Crippen LogP contribution < -0.4 is 10.1 Å². The molecular weight excluding hydrogens is 316 g/mol. The maximum atomic E-state index is 12.6. The molecule has 0 aliphatic carbocycles. The van der Waals surface area contributed by atoms with Crippen LogP contribution in [0.4, 0.5) is 10.5 Å². The monoisotopic (exact) mass is 340 g/mol. The van der Waals surface area contributed by atoms with E-state index in [4.69, 9.17) is 21.1 Å². The number of rotatable bonds is 4. The van der Waals surface area contributed by atoms with Crippen LogP contribution in [-0.2, 0) is 4.74 Å². The van der Waals surface area contributed by atoms with Gasteiger partial charge in [0, 0.05) is 24.9 Å². The minimum Gasteiger partial charge on any atom is -0.495 e. The Bertz CT molecular complexity index is 563. The van der Waals surface area contributed by atoms with Crippen molar-refractivity contribution < 1.29 is 14.3 Å². The first kappa shape index (κ1) is 17.9. The Hall–Kier alpha value is -1.46. The number of methoxy groups -OCH3 is 1. The Labute approximate surface area is 142 Å². The van der Waals surface area contributed by atoms with Crippen LogP contribution in [0.5, 0.6) is 5.75 Å². The van der Waals surface area contributed by atoms with E-state index < -0.39 is 0 Å². The Balaban J connectivity index is 2.06. The van der Waals surface area contributed by atoms with Crippen LogP contribution in [0.3, 0.4) is 0 Å². The van der Waals surface area contributed by atoms with Crippen molar-refractivity contribution in [3.05, 3.63) is 23.2 Å². The van der Waals surface area contributed by atoms with Crippen LogP contribution in [-0.4, -0.2) is 42.8 Å². The third-order valence-corrected chi connectivity index (χ3v) is 4.41. The van der Waals surface area contributed by atoms with Crippen LogP contribution in [0.1, 0.15) is 33.6 Å². The normalized spacial score (nSPS) is 20.0. The minimum absolute atomic E-state index is 0.114. The summed E-state index contributed by atoms with van der Waals surface area (Å²) in [6.45, 7) is 7.44. The van der Waals surface area contributed by atoms with E-state index in [9.17, 15) is 4.79 Å². The van der Waals surface area contributed by atoms with Crippen molar-refractivity contribution in [2.75, 3.05) is 25.6 Å². The summed E-state index contributed by atoms with van der Waals surface area (Å²) < 4.78 is 10.9. The zero-order valence-corrected chi connectivity index (χ0v) is 14.9. The largest absolute Gasteiger partial charge is 0.495 e. The lowest BCUT2D eigenvalue weighted by Crippen LogP contribution is -2.49. The Morgan fingerprint density at radius 3 is 2.83 bits per heavy atom. The van der Waals surface area contributed by atoms with E-state index in [1.54, 1.807) is 25.3 Å². The van der Waals surface area contributed by atoms with Crippen molar-refractivity contribution >= 4 is 23.3 Å². The van der Waals surface area contributed by atoms with Crippen molar-refractivity contribution in [2.45, 2.75) is 45.3 Å². The molecule has 2 rings (SSSR count). The average molecular weight is 341 g/mol. The molecule has 5 nitrogen and oxygen atoms in total. The second-order valence-electron chi connectivity index (χ2n) is 6.32. The fraction of sp³-hybridized carbons (Fsp3) is 0.588. The molecule has 0 bridgehead atoms. The fourth-order valence-corrected chi connectivity index (χ4v) is 3.23. The maximum Gasteiger partial charge on any atom is 0.322 e. The third-order valence-electron chi connectivity index (χ3n) is 4.12. The van der Waals surface area contributed by atoms with Crippen molar-refractivity contribution in [1.82, 2.24) is 4.90 Å². The van der Waals surface area contributed by atoms with Crippen molar-refractivity contribution in [3.8, 4) is 5.75 Å². The molecule has 1 aliphatic rings. The van der Waals surface area contributed by atoms with Gasteiger partial charge in [0.05, 0.1) is 17.7 Å². The zero-order chi connectivity index (χ0) is 17.0. The van der Waals surface area contributed by atoms with Gasteiger partial charge in [-0.15, -0.1) is 0 Å².